The first-order valence-electron chi connectivity index (χ1n) is 8.42. The third kappa shape index (κ3) is 3.00. The molecular formula is C19H20N4O2. The number of amides is 1. The molecule has 1 aliphatic heterocycles. The quantitative estimate of drug-likeness (QED) is 0.790. The van der Waals surface area contributed by atoms with Crippen LogP contribution in [0.4, 0.5) is 0 Å². The number of β-amino-alcohol motifs (C(OH)–C–C–N with tert-alkyl or cyclic N) is 1. The van der Waals surface area contributed by atoms with Gasteiger partial charge in [-0.2, -0.15) is 0 Å². The topological polar surface area (TPSA) is 70.7 Å². The molecule has 0 unspecified atom stereocenters. The fraction of sp³-hybridized carbons (Fsp3) is 0.316. The van der Waals surface area contributed by atoms with Gasteiger partial charge in [0, 0.05) is 43.8 Å². The molecule has 2 atom stereocenters. The Hall–Kier alpha value is -2.73. The molecule has 6 nitrogen and oxygen atoms in total. The fourth-order valence-electron chi connectivity index (χ4n) is 3.52. The number of aliphatic hydroxyl groups excluding tert-OH is 1. The molecule has 0 bridgehead atoms. The van der Waals surface area contributed by atoms with Crippen LogP contribution in [0.3, 0.4) is 0 Å². The highest BCUT2D eigenvalue weighted by Crippen LogP contribution is 2.24. The van der Waals surface area contributed by atoms with Crippen LogP contribution < -0.4 is 0 Å². The number of aromatic nitrogens is 3. The van der Waals surface area contributed by atoms with E-state index < -0.39 is 6.10 Å². The minimum Gasteiger partial charge on any atom is -0.391 e. The standard InChI is InChI=1S/C19H20N4O2/c1-13-10-22-8-2-3-16(18(22)21-13)19(25)23-11-15(17(24)12-23)9-14-4-6-20-7-5-14/h2-8,10,15,17,24H,9,11-12H2,1H3/t15-,17-/m1/s1. The number of fused-ring (bicyclic) bond motifs is 1. The third-order valence-corrected chi connectivity index (χ3v) is 4.77. The van der Waals surface area contributed by atoms with Crippen molar-refractivity contribution in [1.29, 1.82) is 0 Å². The summed E-state index contributed by atoms with van der Waals surface area (Å²) in [5.74, 6) is -0.0416. The lowest BCUT2D eigenvalue weighted by Gasteiger charge is -2.16. The largest absolute Gasteiger partial charge is 0.391 e. The van der Waals surface area contributed by atoms with Gasteiger partial charge in [-0.1, -0.05) is 0 Å². The summed E-state index contributed by atoms with van der Waals surface area (Å²) in [5, 5.41) is 10.4. The lowest BCUT2D eigenvalue weighted by atomic mass is 9.97. The van der Waals surface area contributed by atoms with Crippen LogP contribution in [-0.2, 0) is 6.42 Å². The van der Waals surface area contributed by atoms with Crippen LogP contribution in [0.5, 0.6) is 0 Å². The second kappa shape index (κ2) is 6.29. The number of pyridine rings is 2. The maximum atomic E-state index is 13.0. The van der Waals surface area contributed by atoms with Crippen LogP contribution in [0.2, 0.25) is 0 Å². The fourth-order valence-corrected chi connectivity index (χ4v) is 3.52. The van der Waals surface area contributed by atoms with Crippen molar-refractivity contribution in [3.05, 3.63) is 65.9 Å². The van der Waals surface area contributed by atoms with Gasteiger partial charge in [0.1, 0.15) is 5.65 Å². The van der Waals surface area contributed by atoms with Crippen molar-refractivity contribution < 1.29 is 9.90 Å². The van der Waals surface area contributed by atoms with Gasteiger partial charge in [-0.3, -0.25) is 9.78 Å². The Kier molecular flexibility index (Phi) is 3.97. The summed E-state index contributed by atoms with van der Waals surface area (Å²) < 4.78 is 1.86. The highest BCUT2D eigenvalue weighted by molar-refractivity contribution is 6.00. The highest BCUT2D eigenvalue weighted by Gasteiger charge is 2.35. The Morgan fingerprint density at radius 3 is 2.88 bits per heavy atom. The van der Waals surface area contributed by atoms with Crippen molar-refractivity contribution in [2.75, 3.05) is 13.1 Å². The molecule has 0 spiro atoms. The normalized spacial score (nSPS) is 20.3. The van der Waals surface area contributed by atoms with Gasteiger partial charge in [0.15, 0.2) is 0 Å². The van der Waals surface area contributed by atoms with Gasteiger partial charge < -0.3 is 14.4 Å². The Morgan fingerprint density at radius 1 is 1.28 bits per heavy atom. The molecule has 0 saturated carbocycles. The van der Waals surface area contributed by atoms with Crippen LogP contribution >= 0.6 is 0 Å². The number of likely N-dealkylation sites (tertiary alicyclic amines) is 1. The smallest absolute Gasteiger partial charge is 0.257 e. The molecule has 1 amide bonds. The molecule has 3 aromatic rings. The van der Waals surface area contributed by atoms with E-state index in [9.17, 15) is 9.90 Å². The number of hydrogen-bond donors (Lipinski definition) is 1. The number of rotatable bonds is 3. The number of carbonyl (C=O) groups is 1. The van der Waals surface area contributed by atoms with E-state index in [1.54, 1.807) is 23.4 Å². The first-order chi connectivity index (χ1) is 12.1. The van der Waals surface area contributed by atoms with E-state index in [4.69, 9.17) is 0 Å². The average Bonchev–Trinajstić information content (AvgIpc) is 3.17. The van der Waals surface area contributed by atoms with E-state index >= 15 is 0 Å². The molecule has 6 heteroatoms. The monoisotopic (exact) mass is 336 g/mol. The molecule has 1 fully saturated rings. The van der Waals surface area contributed by atoms with Crippen LogP contribution in [0.1, 0.15) is 21.6 Å². The molecule has 25 heavy (non-hydrogen) atoms. The van der Waals surface area contributed by atoms with Crippen molar-refractivity contribution in [2.24, 2.45) is 5.92 Å². The van der Waals surface area contributed by atoms with Gasteiger partial charge in [0.2, 0.25) is 0 Å². The number of nitrogens with zero attached hydrogens (tertiary/aromatic N) is 4. The van der Waals surface area contributed by atoms with Crippen molar-refractivity contribution in [3.8, 4) is 0 Å². The summed E-state index contributed by atoms with van der Waals surface area (Å²) in [7, 11) is 0. The van der Waals surface area contributed by atoms with E-state index in [1.165, 1.54) is 0 Å². The zero-order valence-electron chi connectivity index (χ0n) is 14.0. The first-order valence-corrected chi connectivity index (χ1v) is 8.42. The third-order valence-electron chi connectivity index (χ3n) is 4.77. The molecule has 0 aliphatic carbocycles. The number of carbonyl (C=O) groups excluding carboxylic acids is 1. The van der Waals surface area contributed by atoms with Crippen LogP contribution in [0.15, 0.2) is 49.1 Å². The summed E-state index contributed by atoms with van der Waals surface area (Å²) in [6.45, 7) is 2.81. The predicted molar refractivity (Wildman–Crippen MR) is 93.3 cm³/mol. The average molecular weight is 336 g/mol. The van der Waals surface area contributed by atoms with E-state index in [-0.39, 0.29) is 11.8 Å². The molecule has 4 heterocycles. The lowest BCUT2D eigenvalue weighted by Crippen LogP contribution is -2.30. The van der Waals surface area contributed by atoms with Crippen molar-refractivity contribution in [1.82, 2.24) is 19.3 Å². The Bertz CT molecular complexity index is 906. The molecule has 1 aliphatic rings. The Morgan fingerprint density at radius 2 is 2.08 bits per heavy atom. The molecule has 1 N–H and O–H groups in total. The second-order valence-electron chi connectivity index (χ2n) is 6.63. The van der Waals surface area contributed by atoms with Crippen molar-refractivity contribution in [2.45, 2.75) is 19.4 Å². The highest BCUT2D eigenvalue weighted by atomic mass is 16.3. The molecule has 4 rings (SSSR count). The van der Waals surface area contributed by atoms with Gasteiger partial charge in [-0.05, 0) is 43.2 Å². The molecule has 1 saturated heterocycles. The van der Waals surface area contributed by atoms with Crippen LogP contribution in [0.25, 0.3) is 5.65 Å². The Balaban J connectivity index is 1.55. The summed E-state index contributed by atoms with van der Waals surface area (Å²) in [6, 6.07) is 7.55. The molecule has 3 aromatic heterocycles. The van der Waals surface area contributed by atoms with Crippen LogP contribution in [-0.4, -0.2) is 49.5 Å². The van der Waals surface area contributed by atoms with Gasteiger partial charge in [-0.25, -0.2) is 4.98 Å². The summed E-state index contributed by atoms with van der Waals surface area (Å²) in [4.78, 5) is 23.2. The minimum atomic E-state index is -0.515. The maximum Gasteiger partial charge on any atom is 0.257 e. The summed E-state index contributed by atoms with van der Waals surface area (Å²) in [5.41, 5.74) is 3.24. The van der Waals surface area contributed by atoms with Crippen molar-refractivity contribution in [3.63, 3.8) is 0 Å². The SMILES string of the molecule is Cc1cn2cccc(C(=O)N3C[C@@H](Cc4ccncc4)[C@H](O)C3)c2n1. The minimum absolute atomic E-state index is 0.0348. The predicted octanol–water partition coefficient (Wildman–Crippen LogP) is 1.71. The van der Waals surface area contributed by atoms with E-state index in [0.29, 0.717) is 24.3 Å². The molecule has 128 valence electrons. The summed E-state index contributed by atoms with van der Waals surface area (Å²) in [6.07, 6.45) is 7.51. The zero-order chi connectivity index (χ0) is 17.4. The van der Waals surface area contributed by atoms with E-state index in [1.807, 2.05) is 41.9 Å². The number of aryl methyl sites for hydroxylation is 1. The van der Waals surface area contributed by atoms with Gasteiger partial charge in [-0.15, -0.1) is 0 Å². The van der Waals surface area contributed by atoms with Crippen molar-refractivity contribution >= 4 is 11.6 Å². The molecule has 0 radical (unpaired) electrons. The Labute approximate surface area is 145 Å². The first kappa shape index (κ1) is 15.8. The maximum absolute atomic E-state index is 13.0. The van der Waals surface area contributed by atoms with Gasteiger partial charge in [0.05, 0.1) is 17.4 Å². The van der Waals surface area contributed by atoms with Gasteiger partial charge >= 0.3 is 0 Å². The number of hydrogen-bond acceptors (Lipinski definition) is 4. The lowest BCUT2D eigenvalue weighted by molar-refractivity contribution is 0.0766. The summed E-state index contributed by atoms with van der Waals surface area (Å²) >= 11 is 0. The van der Waals surface area contributed by atoms with E-state index in [2.05, 4.69) is 9.97 Å². The van der Waals surface area contributed by atoms with E-state index in [0.717, 1.165) is 17.7 Å². The molecular weight excluding hydrogens is 316 g/mol. The number of aliphatic hydroxyl groups is 1. The molecule has 0 aromatic carbocycles. The van der Waals surface area contributed by atoms with Crippen LogP contribution in [0, 0.1) is 12.8 Å². The second-order valence-corrected chi connectivity index (χ2v) is 6.63. The van der Waals surface area contributed by atoms with Gasteiger partial charge in [0.25, 0.3) is 5.91 Å². The number of imidazole rings is 1. The zero-order valence-corrected chi connectivity index (χ0v) is 14.0.